The average Bonchev–Trinajstić information content (AvgIpc) is 3.16. The van der Waals surface area contributed by atoms with E-state index in [1.807, 2.05) is 6.07 Å². The smallest absolute Gasteiger partial charge is 0.319 e. The molecule has 4 rings (SSSR count). The highest BCUT2D eigenvalue weighted by atomic mass is 35.5. The third-order valence-corrected chi connectivity index (χ3v) is 7.54. The predicted molar refractivity (Wildman–Crippen MR) is 130 cm³/mol. The van der Waals surface area contributed by atoms with E-state index in [1.54, 1.807) is 20.3 Å². The Morgan fingerprint density at radius 1 is 1.18 bits per heavy atom. The number of likely N-dealkylation sites (N-methyl/N-ethyl adjacent to an activating group) is 1. The monoisotopic (exact) mass is 488 g/mol. The van der Waals surface area contributed by atoms with Crippen LogP contribution in [0.25, 0.3) is 0 Å². The summed E-state index contributed by atoms with van der Waals surface area (Å²) in [5, 5.41) is 16.9. The van der Waals surface area contributed by atoms with Gasteiger partial charge >= 0.3 is 6.03 Å². The van der Waals surface area contributed by atoms with Crippen LogP contribution in [-0.4, -0.2) is 55.8 Å². The van der Waals surface area contributed by atoms with E-state index >= 15 is 0 Å². The molecule has 2 aromatic carbocycles. The molecule has 0 bridgehead atoms. The van der Waals surface area contributed by atoms with Gasteiger partial charge in [-0.1, -0.05) is 17.7 Å². The quantitative estimate of drug-likeness (QED) is 0.455. The first-order valence-corrected chi connectivity index (χ1v) is 11.6. The van der Waals surface area contributed by atoms with Crippen molar-refractivity contribution in [2.24, 2.45) is 0 Å². The summed E-state index contributed by atoms with van der Waals surface area (Å²) in [6, 6.07) is 10.2. The van der Waals surface area contributed by atoms with Gasteiger partial charge in [0.2, 0.25) is 0 Å². The minimum Gasteiger partial charge on any atom is -0.493 e. The van der Waals surface area contributed by atoms with Gasteiger partial charge in [0.15, 0.2) is 11.5 Å². The fourth-order valence-corrected chi connectivity index (χ4v) is 5.66. The van der Waals surface area contributed by atoms with Gasteiger partial charge < -0.3 is 25.0 Å². The first kappa shape index (κ1) is 24.1. The van der Waals surface area contributed by atoms with Crippen LogP contribution in [0.5, 0.6) is 11.5 Å². The molecule has 1 aliphatic heterocycles. The number of anilines is 1. The number of amides is 2. The first-order valence-electron chi connectivity index (χ1n) is 11.2. The van der Waals surface area contributed by atoms with Crippen LogP contribution in [0, 0.1) is 10.1 Å². The lowest BCUT2D eigenvalue weighted by Gasteiger charge is -2.45. The van der Waals surface area contributed by atoms with Crippen molar-refractivity contribution >= 4 is 29.0 Å². The molecule has 1 saturated carbocycles. The van der Waals surface area contributed by atoms with Gasteiger partial charge in [-0.25, -0.2) is 4.79 Å². The molecule has 10 heteroatoms. The minimum atomic E-state index is -0.573. The molecule has 0 unspecified atom stereocenters. The number of nitrogens with one attached hydrogen (secondary N) is 2. The number of ether oxygens (including phenoxy) is 2. The van der Waals surface area contributed by atoms with Crippen LogP contribution in [-0.2, 0) is 5.41 Å². The number of fused-ring (bicyclic) bond motifs is 1. The van der Waals surface area contributed by atoms with E-state index in [9.17, 15) is 14.9 Å². The van der Waals surface area contributed by atoms with E-state index in [2.05, 4.69) is 34.7 Å². The highest BCUT2D eigenvalue weighted by Gasteiger charge is 2.50. The molecule has 2 amide bonds. The number of likely N-dealkylation sites (tertiary alicyclic amines) is 1. The predicted octanol–water partition coefficient (Wildman–Crippen LogP) is 4.58. The molecule has 9 nitrogen and oxygen atoms in total. The number of halogens is 1. The Morgan fingerprint density at radius 2 is 1.94 bits per heavy atom. The summed E-state index contributed by atoms with van der Waals surface area (Å²) in [6.45, 7) is 0.979. The molecule has 2 aromatic rings. The Balaban J connectivity index is 1.47. The molecule has 2 aliphatic rings. The van der Waals surface area contributed by atoms with E-state index in [4.69, 9.17) is 21.1 Å². The van der Waals surface area contributed by atoms with Crippen molar-refractivity contribution in [3.05, 3.63) is 57.1 Å². The van der Waals surface area contributed by atoms with E-state index in [0.717, 1.165) is 38.0 Å². The largest absolute Gasteiger partial charge is 0.493 e. The second-order valence-corrected chi connectivity index (χ2v) is 9.37. The van der Waals surface area contributed by atoms with Gasteiger partial charge in [0, 0.05) is 29.3 Å². The average molecular weight is 489 g/mol. The lowest BCUT2D eigenvalue weighted by atomic mass is 9.65. The number of nitro groups is 1. The van der Waals surface area contributed by atoms with Crippen molar-refractivity contribution in [1.82, 2.24) is 10.2 Å². The zero-order valence-electron chi connectivity index (χ0n) is 19.5. The SMILES string of the molecule is COc1ccc([C@@]23CC[C@@H](NC(=O)Nc4ccc(Cl)c([N+](=O)[O-])c4)C[C@@H]2N(C)CC3)cc1OC. The Labute approximate surface area is 203 Å². The number of carbonyl (C=O) groups is 1. The fourth-order valence-electron chi connectivity index (χ4n) is 5.48. The molecular formula is C24H29ClN4O5. The number of nitrogens with zero attached hydrogens (tertiary/aromatic N) is 2. The van der Waals surface area contributed by atoms with Gasteiger partial charge in [-0.05, 0) is 69.1 Å². The van der Waals surface area contributed by atoms with Gasteiger partial charge in [0.25, 0.3) is 5.69 Å². The van der Waals surface area contributed by atoms with Gasteiger partial charge in [-0.3, -0.25) is 10.1 Å². The van der Waals surface area contributed by atoms with E-state index in [-0.39, 0.29) is 34.2 Å². The molecule has 2 N–H and O–H groups in total. The highest BCUT2D eigenvalue weighted by molar-refractivity contribution is 6.32. The van der Waals surface area contributed by atoms with Crippen LogP contribution >= 0.6 is 11.6 Å². The summed E-state index contributed by atoms with van der Waals surface area (Å²) in [5.74, 6) is 1.43. The summed E-state index contributed by atoms with van der Waals surface area (Å²) in [5.41, 5.74) is 1.29. The molecule has 1 heterocycles. The van der Waals surface area contributed by atoms with Crippen LogP contribution in [0.4, 0.5) is 16.2 Å². The van der Waals surface area contributed by atoms with Crippen LogP contribution in [0.3, 0.4) is 0 Å². The maximum Gasteiger partial charge on any atom is 0.319 e. The Kier molecular flexibility index (Phi) is 6.86. The van der Waals surface area contributed by atoms with E-state index in [0.29, 0.717) is 11.4 Å². The van der Waals surface area contributed by atoms with Gasteiger partial charge in [-0.2, -0.15) is 0 Å². The van der Waals surface area contributed by atoms with Crippen molar-refractivity contribution in [2.75, 3.05) is 33.1 Å². The lowest BCUT2D eigenvalue weighted by molar-refractivity contribution is -0.384. The first-order chi connectivity index (χ1) is 16.3. The third kappa shape index (κ3) is 4.50. The molecule has 34 heavy (non-hydrogen) atoms. The molecular weight excluding hydrogens is 460 g/mol. The number of hydrogen-bond acceptors (Lipinski definition) is 6. The number of benzene rings is 2. The minimum absolute atomic E-state index is 0.0129. The summed E-state index contributed by atoms with van der Waals surface area (Å²) in [7, 11) is 5.40. The molecule has 0 aromatic heterocycles. The topological polar surface area (TPSA) is 106 Å². The normalized spacial score (nSPS) is 24.2. The van der Waals surface area contributed by atoms with E-state index in [1.165, 1.54) is 17.7 Å². The van der Waals surface area contributed by atoms with Gasteiger partial charge in [-0.15, -0.1) is 0 Å². The summed E-state index contributed by atoms with van der Waals surface area (Å²) >= 11 is 5.86. The highest BCUT2D eigenvalue weighted by Crippen LogP contribution is 2.49. The van der Waals surface area contributed by atoms with Gasteiger partial charge in [0.1, 0.15) is 5.02 Å². The van der Waals surface area contributed by atoms with Crippen molar-refractivity contribution < 1.29 is 19.2 Å². The Hall–Kier alpha value is -3.04. The Bertz CT molecular complexity index is 1100. The van der Waals surface area contributed by atoms with Crippen molar-refractivity contribution in [3.8, 4) is 11.5 Å². The van der Waals surface area contributed by atoms with E-state index < -0.39 is 4.92 Å². The molecule has 0 radical (unpaired) electrons. The molecule has 1 aliphatic carbocycles. The molecule has 0 spiro atoms. The van der Waals surface area contributed by atoms with Crippen LogP contribution in [0.2, 0.25) is 5.02 Å². The maximum atomic E-state index is 12.7. The van der Waals surface area contributed by atoms with Crippen molar-refractivity contribution in [1.29, 1.82) is 0 Å². The third-order valence-electron chi connectivity index (χ3n) is 7.22. The number of urea groups is 1. The number of methoxy groups -OCH3 is 2. The number of nitro benzene ring substituents is 1. The second-order valence-electron chi connectivity index (χ2n) is 8.97. The molecule has 1 saturated heterocycles. The summed E-state index contributed by atoms with van der Waals surface area (Å²) in [4.78, 5) is 25.6. The van der Waals surface area contributed by atoms with Gasteiger partial charge in [0.05, 0.1) is 19.1 Å². The molecule has 182 valence electrons. The standard InChI is InChI=1S/C24H29ClN4O5/c1-28-11-10-24(15-4-7-20(33-2)21(12-15)34-3)9-8-17(14-22(24)28)27-23(30)26-16-5-6-18(25)19(13-16)29(31)32/h4-7,12-13,17,22H,8-11,14H2,1-3H3,(H2,26,27,30)/t17-,22+,24+/m1/s1. The summed E-state index contributed by atoms with van der Waals surface area (Å²) < 4.78 is 11.0. The van der Waals surface area contributed by atoms with Crippen LogP contribution < -0.4 is 20.1 Å². The van der Waals surface area contributed by atoms with Crippen molar-refractivity contribution in [3.63, 3.8) is 0 Å². The number of carbonyl (C=O) groups excluding carboxylic acids is 1. The van der Waals surface area contributed by atoms with Crippen LogP contribution in [0.15, 0.2) is 36.4 Å². The molecule has 2 fully saturated rings. The summed E-state index contributed by atoms with van der Waals surface area (Å²) in [6.07, 6.45) is 3.60. The maximum absolute atomic E-state index is 12.7. The van der Waals surface area contributed by atoms with Crippen molar-refractivity contribution in [2.45, 2.75) is 43.2 Å². The zero-order chi connectivity index (χ0) is 24.5. The second kappa shape index (κ2) is 9.68. The number of rotatable bonds is 6. The Morgan fingerprint density at radius 3 is 2.65 bits per heavy atom. The molecule has 3 atom stereocenters. The fraction of sp³-hybridized carbons (Fsp3) is 0.458. The van der Waals surface area contributed by atoms with Crippen LogP contribution in [0.1, 0.15) is 31.2 Å². The number of hydrogen-bond donors (Lipinski definition) is 2. The zero-order valence-corrected chi connectivity index (χ0v) is 20.2. The lowest BCUT2D eigenvalue weighted by Crippen LogP contribution is -2.52.